The molecule has 0 amide bonds. The van der Waals surface area contributed by atoms with Crippen molar-refractivity contribution in [3.63, 3.8) is 0 Å². The van der Waals surface area contributed by atoms with Crippen LogP contribution in [0.25, 0.3) is 22.2 Å². The summed E-state index contributed by atoms with van der Waals surface area (Å²) in [6.07, 6.45) is 4.28. The number of hydrogen-bond donors (Lipinski definition) is 1. The van der Waals surface area contributed by atoms with Crippen molar-refractivity contribution in [1.82, 2.24) is 4.98 Å². The highest BCUT2D eigenvalue weighted by atomic mass is 16.5. The molecule has 0 saturated heterocycles. The third-order valence-electron chi connectivity index (χ3n) is 7.55. The van der Waals surface area contributed by atoms with E-state index in [0.29, 0.717) is 25.5 Å². The number of benzene rings is 3. The molecule has 1 aliphatic rings. The molecule has 4 aromatic rings. The van der Waals surface area contributed by atoms with Crippen molar-refractivity contribution in [3.8, 4) is 11.5 Å². The van der Waals surface area contributed by atoms with Gasteiger partial charge in [-0.3, -0.25) is 0 Å². The van der Waals surface area contributed by atoms with E-state index in [-0.39, 0.29) is 12.0 Å². The lowest BCUT2D eigenvalue weighted by Gasteiger charge is -2.32. The van der Waals surface area contributed by atoms with E-state index >= 15 is 0 Å². The van der Waals surface area contributed by atoms with Gasteiger partial charge in [0.2, 0.25) is 5.89 Å². The molecule has 0 spiro atoms. The number of nitrogens with zero attached hydrogens (tertiary/aromatic N) is 1. The van der Waals surface area contributed by atoms with Gasteiger partial charge < -0.3 is 19.0 Å². The summed E-state index contributed by atoms with van der Waals surface area (Å²) in [5.74, 6) is 0.693. The van der Waals surface area contributed by atoms with Gasteiger partial charge >= 0.3 is 5.97 Å². The fourth-order valence-corrected chi connectivity index (χ4v) is 5.22. The van der Waals surface area contributed by atoms with E-state index in [1.165, 1.54) is 5.39 Å². The molecule has 1 N–H and O–H groups in total. The fourth-order valence-electron chi connectivity index (χ4n) is 5.22. The number of aryl methyl sites for hydroxylation is 1. The molecule has 1 heterocycles. The standard InChI is InChI=1S/C32H35NO5/c1-22-29(33-30(38-22)27-16-15-25-12-6-7-13-26(25)18-27)21-36-28-14-8-11-24(17-28)20-37-32(2,31(34)35)19-23-9-4-3-5-10-23/h3-7,9-10,12-13,15-16,18,24,28H,8,11,14,17,19-21H2,1-2H3,(H,34,35)/t24-,28?,32?/m1/s1. The number of carboxylic acids is 1. The van der Waals surface area contributed by atoms with Gasteiger partial charge in [-0.15, -0.1) is 0 Å². The molecule has 2 unspecified atom stereocenters. The Morgan fingerprint density at radius 3 is 2.61 bits per heavy atom. The summed E-state index contributed by atoms with van der Waals surface area (Å²) in [6, 6.07) is 24.1. The number of hydrogen-bond acceptors (Lipinski definition) is 5. The molecule has 198 valence electrons. The molecule has 1 fully saturated rings. The van der Waals surface area contributed by atoms with Crippen LogP contribution >= 0.6 is 0 Å². The summed E-state index contributed by atoms with van der Waals surface area (Å²) in [4.78, 5) is 16.8. The van der Waals surface area contributed by atoms with Gasteiger partial charge in [-0.2, -0.15) is 0 Å². The molecule has 38 heavy (non-hydrogen) atoms. The normalized spacial score (nSPS) is 19.3. The van der Waals surface area contributed by atoms with Crippen molar-refractivity contribution in [2.24, 2.45) is 5.92 Å². The fraction of sp³-hybridized carbons (Fsp3) is 0.375. The zero-order valence-electron chi connectivity index (χ0n) is 22.1. The molecule has 5 rings (SSSR count). The van der Waals surface area contributed by atoms with Gasteiger partial charge in [-0.25, -0.2) is 9.78 Å². The number of carboxylic acid groups (broad SMARTS) is 1. The second kappa shape index (κ2) is 11.5. The number of aliphatic carboxylic acids is 1. The maximum absolute atomic E-state index is 12.1. The summed E-state index contributed by atoms with van der Waals surface area (Å²) < 4.78 is 18.3. The van der Waals surface area contributed by atoms with Crippen LogP contribution in [0.2, 0.25) is 0 Å². The van der Waals surface area contributed by atoms with Crippen LogP contribution in [-0.2, 0) is 27.3 Å². The summed E-state index contributed by atoms with van der Waals surface area (Å²) in [6.45, 7) is 4.39. The Kier molecular flexibility index (Phi) is 7.91. The van der Waals surface area contributed by atoms with Crippen LogP contribution in [0.4, 0.5) is 0 Å². The molecular weight excluding hydrogens is 478 g/mol. The monoisotopic (exact) mass is 513 g/mol. The van der Waals surface area contributed by atoms with Crippen LogP contribution in [0, 0.1) is 12.8 Å². The molecule has 1 aliphatic carbocycles. The van der Waals surface area contributed by atoms with E-state index in [2.05, 4.69) is 24.3 Å². The third kappa shape index (κ3) is 6.14. The third-order valence-corrected chi connectivity index (χ3v) is 7.55. The van der Waals surface area contributed by atoms with Crippen molar-refractivity contribution in [3.05, 3.63) is 89.8 Å². The Hall–Kier alpha value is -3.48. The van der Waals surface area contributed by atoms with Crippen LogP contribution in [0.15, 0.2) is 77.2 Å². The Morgan fingerprint density at radius 1 is 1.05 bits per heavy atom. The number of aromatic nitrogens is 1. The van der Waals surface area contributed by atoms with E-state index in [1.807, 2.05) is 55.5 Å². The zero-order chi connectivity index (χ0) is 26.5. The first kappa shape index (κ1) is 26.1. The number of fused-ring (bicyclic) bond motifs is 1. The lowest BCUT2D eigenvalue weighted by atomic mass is 9.87. The first-order valence-corrected chi connectivity index (χ1v) is 13.4. The van der Waals surface area contributed by atoms with Crippen LogP contribution in [-0.4, -0.2) is 34.4 Å². The quantitative estimate of drug-likeness (QED) is 0.246. The van der Waals surface area contributed by atoms with Crippen LogP contribution < -0.4 is 0 Å². The van der Waals surface area contributed by atoms with Crippen molar-refractivity contribution in [2.75, 3.05) is 6.61 Å². The maximum Gasteiger partial charge on any atom is 0.336 e. The largest absolute Gasteiger partial charge is 0.479 e. The number of ether oxygens (including phenoxy) is 2. The van der Waals surface area contributed by atoms with Gasteiger partial charge in [-0.05, 0) is 67.5 Å². The number of rotatable bonds is 10. The van der Waals surface area contributed by atoms with Crippen molar-refractivity contribution in [2.45, 2.75) is 64.3 Å². The van der Waals surface area contributed by atoms with Gasteiger partial charge in [0, 0.05) is 12.0 Å². The molecular formula is C32H35NO5. The average Bonchev–Trinajstić information content (AvgIpc) is 3.31. The van der Waals surface area contributed by atoms with Gasteiger partial charge in [-0.1, -0.05) is 67.1 Å². The average molecular weight is 514 g/mol. The summed E-state index contributed by atoms with van der Waals surface area (Å²) in [5, 5.41) is 12.2. The molecule has 3 aromatic carbocycles. The summed E-state index contributed by atoms with van der Waals surface area (Å²) >= 11 is 0. The molecule has 0 radical (unpaired) electrons. The topological polar surface area (TPSA) is 81.8 Å². The summed E-state index contributed by atoms with van der Waals surface area (Å²) in [7, 11) is 0. The molecule has 0 aliphatic heterocycles. The van der Waals surface area contributed by atoms with E-state index in [0.717, 1.165) is 53.7 Å². The predicted octanol–water partition coefficient (Wildman–Crippen LogP) is 6.98. The van der Waals surface area contributed by atoms with Crippen LogP contribution in [0.3, 0.4) is 0 Å². The van der Waals surface area contributed by atoms with Crippen molar-refractivity contribution >= 4 is 16.7 Å². The Balaban J connectivity index is 1.17. The first-order chi connectivity index (χ1) is 18.4. The minimum atomic E-state index is -1.26. The van der Waals surface area contributed by atoms with Gasteiger partial charge in [0.1, 0.15) is 11.5 Å². The first-order valence-electron chi connectivity index (χ1n) is 13.4. The Morgan fingerprint density at radius 2 is 1.82 bits per heavy atom. The molecule has 6 nitrogen and oxygen atoms in total. The molecule has 6 heteroatoms. The lowest BCUT2D eigenvalue weighted by molar-refractivity contribution is -0.166. The number of carbonyl (C=O) groups is 1. The molecule has 1 saturated carbocycles. The predicted molar refractivity (Wildman–Crippen MR) is 147 cm³/mol. The van der Waals surface area contributed by atoms with Crippen molar-refractivity contribution in [1.29, 1.82) is 0 Å². The highest BCUT2D eigenvalue weighted by molar-refractivity contribution is 5.86. The minimum Gasteiger partial charge on any atom is -0.479 e. The lowest BCUT2D eigenvalue weighted by Crippen LogP contribution is -2.42. The SMILES string of the molecule is Cc1oc(-c2ccc3ccccc3c2)nc1COC1CCC[C@@H](COC(C)(Cc2ccccc2)C(=O)O)C1. The van der Waals surface area contributed by atoms with Gasteiger partial charge in [0.05, 0.1) is 19.3 Å². The number of oxazole rings is 1. The molecule has 3 atom stereocenters. The van der Waals surface area contributed by atoms with E-state index < -0.39 is 11.6 Å². The minimum absolute atomic E-state index is 0.0859. The van der Waals surface area contributed by atoms with Crippen LogP contribution in [0.5, 0.6) is 0 Å². The smallest absolute Gasteiger partial charge is 0.336 e. The van der Waals surface area contributed by atoms with Gasteiger partial charge in [0.25, 0.3) is 0 Å². The van der Waals surface area contributed by atoms with E-state index in [9.17, 15) is 9.90 Å². The molecule has 0 bridgehead atoms. The second-order valence-corrected chi connectivity index (χ2v) is 10.6. The Labute approximate surface area is 223 Å². The van der Waals surface area contributed by atoms with Crippen LogP contribution in [0.1, 0.15) is 49.6 Å². The highest BCUT2D eigenvalue weighted by Gasteiger charge is 2.36. The van der Waals surface area contributed by atoms with Gasteiger partial charge in [0.15, 0.2) is 5.60 Å². The van der Waals surface area contributed by atoms with Crippen molar-refractivity contribution < 1.29 is 23.8 Å². The Bertz CT molecular complexity index is 1380. The highest BCUT2D eigenvalue weighted by Crippen LogP contribution is 2.31. The maximum atomic E-state index is 12.1. The second-order valence-electron chi connectivity index (χ2n) is 10.6. The van der Waals surface area contributed by atoms with E-state index in [4.69, 9.17) is 18.9 Å². The summed E-state index contributed by atoms with van der Waals surface area (Å²) in [5.41, 5.74) is 1.46. The van der Waals surface area contributed by atoms with E-state index in [1.54, 1.807) is 6.92 Å². The zero-order valence-corrected chi connectivity index (χ0v) is 22.1. The molecule has 1 aromatic heterocycles.